The zero-order valence-electron chi connectivity index (χ0n) is 16.6. The van der Waals surface area contributed by atoms with Gasteiger partial charge in [0, 0.05) is 22.6 Å². The van der Waals surface area contributed by atoms with E-state index in [2.05, 4.69) is 0 Å². The normalized spacial score (nSPS) is 22.3. The number of rotatable bonds is 11. The van der Waals surface area contributed by atoms with E-state index in [1.807, 2.05) is 66.7 Å². The molecule has 2 bridgehead atoms. The Morgan fingerprint density at radius 3 is 2.45 bits per heavy atom. The molecule has 7 heteroatoms. The molecule has 2 heterocycles. The van der Waals surface area contributed by atoms with Gasteiger partial charge in [0.25, 0.3) is 12.9 Å². The van der Waals surface area contributed by atoms with Crippen molar-refractivity contribution in [3.8, 4) is 5.75 Å². The van der Waals surface area contributed by atoms with Gasteiger partial charge in [0.15, 0.2) is 0 Å². The van der Waals surface area contributed by atoms with Crippen LogP contribution in [0.2, 0.25) is 5.02 Å². The maximum atomic E-state index is 10.9. The average Bonchev–Trinajstić information content (AvgIpc) is 3.36. The third-order valence-corrected chi connectivity index (χ3v) is 5.88. The van der Waals surface area contributed by atoms with Gasteiger partial charge in [-0.3, -0.25) is 9.59 Å². The number of carbonyl (C=O) groups excluding carboxylic acids is 2. The lowest BCUT2D eigenvalue weighted by Crippen LogP contribution is -2.47. The molecule has 31 heavy (non-hydrogen) atoms. The van der Waals surface area contributed by atoms with Crippen LogP contribution in [0.15, 0.2) is 77.9 Å². The number of ether oxygens (including phenoxy) is 4. The van der Waals surface area contributed by atoms with Crippen molar-refractivity contribution in [1.29, 1.82) is 0 Å². The molecule has 0 N–H and O–H groups in total. The second-order valence-electron chi connectivity index (χ2n) is 7.22. The Labute approximate surface area is 185 Å². The van der Waals surface area contributed by atoms with E-state index >= 15 is 0 Å². The van der Waals surface area contributed by atoms with E-state index in [1.54, 1.807) is 0 Å². The number of para-hydroxylation sites is 1. The fraction of sp³-hybridized carbons (Fsp3) is 0.250. The number of halogens is 1. The van der Waals surface area contributed by atoms with Gasteiger partial charge < -0.3 is 18.9 Å². The Kier molecular flexibility index (Phi) is 6.39. The molecule has 0 fully saturated rings. The van der Waals surface area contributed by atoms with Crippen LogP contribution in [0.5, 0.6) is 5.75 Å². The maximum Gasteiger partial charge on any atom is 0.293 e. The molecule has 0 saturated carbocycles. The Balaban J connectivity index is 1.75. The van der Waals surface area contributed by atoms with Crippen molar-refractivity contribution in [2.24, 2.45) is 0 Å². The van der Waals surface area contributed by atoms with E-state index in [4.69, 9.17) is 30.5 Å². The lowest BCUT2D eigenvalue weighted by molar-refractivity contribution is -0.129. The molecule has 0 aliphatic carbocycles. The largest absolute Gasteiger partial charge is 0.486 e. The van der Waals surface area contributed by atoms with Crippen LogP contribution in [0.4, 0.5) is 0 Å². The van der Waals surface area contributed by atoms with Gasteiger partial charge in [-0.05, 0) is 29.8 Å². The standard InChI is InChI=1S/C24H21ClO6/c25-21-9-5-4-6-17(21)12-23(30-18-7-2-1-3-8-18)24-11-10-22(31-24)19(13-28-15-26)20(24)14-29-16-27/h1-11,15-16,22-23H,12-14H2. The van der Waals surface area contributed by atoms with Crippen LogP contribution in [0.25, 0.3) is 0 Å². The highest BCUT2D eigenvalue weighted by molar-refractivity contribution is 6.31. The topological polar surface area (TPSA) is 71.1 Å². The summed E-state index contributed by atoms with van der Waals surface area (Å²) in [6, 6.07) is 17.0. The summed E-state index contributed by atoms with van der Waals surface area (Å²) in [6.45, 7) is 0.812. The predicted octanol–water partition coefficient (Wildman–Crippen LogP) is 3.68. The quantitative estimate of drug-likeness (QED) is 0.392. The molecule has 0 aromatic heterocycles. The van der Waals surface area contributed by atoms with E-state index in [0.29, 0.717) is 35.7 Å². The highest BCUT2D eigenvalue weighted by atomic mass is 35.5. The molecule has 0 spiro atoms. The molecule has 2 aliphatic rings. The summed E-state index contributed by atoms with van der Waals surface area (Å²) in [6.07, 6.45) is 3.36. The zero-order valence-corrected chi connectivity index (χ0v) is 17.4. The van der Waals surface area contributed by atoms with Gasteiger partial charge in [-0.15, -0.1) is 0 Å². The molecule has 4 rings (SSSR count). The minimum atomic E-state index is -0.996. The minimum absolute atomic E-state index is 0.000931. The van der Waals surface area contributed by atoms with Gasteiger partial charge in [0.1, 0.15) is 36.8 Å². The Morgan fingerprint density at radius 1 is 1.00 bits per heavy atom. The molecular formula is C24H21ClO6. The highest BCUT2D eigenvalue weighted by Gasteiger charge is 2.55. The van der Waals surface area contributed by atoms with Gasteiger partial charge in [-0.1, -0.05) is 54.1 Å². The fourth-order valence-corrected chi connectivity index (χ4v) is 4.31. The first-order valence-electron chi connectivity index (χ1n) is 9.83. The highest BCUT2D eigenvalue weighted by Crippen LogP contribution is 2.47. The van der Waals surface area contributed by atoms with Crippen LogP contribution < -0.4 is 4.74 Å². The Hall–Kier alpha value is -3.09. The minimum Gasteiger partial charge on any atom is -0.486 e. The van der Waals surface area contributed by atoms with Crippen LogP contribution in [-0.2, 0) is 30.2 Å². The van der Waals surface area contributed by atoms with Crippen molar-refractivity contribution in [2.75, 3.05) is 13.2 Å². The van der Waals surface area contributed by atoms with Crippen LogP contribution in [0, 0.1) is 0 Å². The van der Waals surface area contributed by atoms with Crippen molar-refractivity contribution in [3.05, 3.63) is 88.5 Å². The van der Waals surface area contributed by atoms with Gasteiger partial charge in [-0.25, -0.2) is 0 Å². The van der Waals surface area contributed by atoms with Crippen molar-refractivity contribution in [3.63, 3.8) is 0 Å². The predicted molar refractivity (Wildman–Crippen MR) is 114 cm³/mol. The van der Waals surface area contributed by atoms with E-state index in [0.717, 1.165) is 11.1 Å². The smallest absolute Gasteiger partial charge is 0.293 e. The van der Waals surface area contributed by atoms with Crippen LogP contribution >= 0.6 is 11.6 Å². The molecule has 3 unspecified atom stereocenters. The second kappa shape index (κ2) is 9.37. The SMILES string of the molecule is O=COCC1=C(COC=O)C2(C(Cc3ccccc3Cl)Oc3ccccc3)C=CC1O2. The van der Waals surface area contributed by atoms with Crippen LogP contribution in [0.3, 0.4) is 0 Å². The van der Waals surface area contributed by atoms with Crippen molar-refractivity contribution in [1.82, 2.24) is 0 Å². The van der Waals surface area contributed by atoms with Gasteiger partial charge >= 0.3 is 0 Å². The first-order chi connectivity index (χ1) is 15.2. The van der Waals surface area contributed by atoms with Gasteiger partial charge in [-0.2, -0.15) is 0 Å². The summed E-state index contributed by atoms with van der Waals surface area (Å²) in [4.78, 5) is 21.7. The summed E-state index contributed by atoms with van der Waals surface area (Å²) < 4.78 is 22.9. The lowest BCUT2D eigenvalue weighted by atomic mass is 9.81. The van der Waals surface area contributed by atoms with E-state index < -0.39 is 17.8 Å². The van der Waals surface area contributed by atoms with Gasteiger partial charge in [0.05, 0.1) is 0 Å². The van der Waals surface area contributed by atoms with Crippen molar-refractivity contribution < 1.29 is 28.5 Å². The van der Waals surface area contributed by atoms with Crippen LogP contribution in [-0.4, -0.2) is 44.0 Å². The molecule has 6 nitrogen and oxygen atoms in total. The van der Waals surface area contributed by atoms with E-state index in [1.165, 1.54) is 0 Å². The molecule has 2 aromatic rings. The number of hydrogen-bond donors (Lipinski definition) is 0. The zero-order chi connectivity index (χ0) is 21.7. The fourth-order valence-electron chi connectivity index (χ4n) is 4.10. The van der Waals surface area contributed by atoms with Gasteiger partial charge in [0.2, 0.25) is 0 Å². The third kappa shape index (κ3) is 4.22. The molecule has 3 atom stereocenters. The third-order valence-electron chi connectivity index (χ3n) is 5.51. The molecule has 160 valence electrons. The summed E-state index contributed by atoms with van der Waals surface area (Å²) in [5, 5.41) is 0.622. The van der Waals surface area contributed by atoms with E-state index in [9.17, 15) is 9.59 Å². The van der Waals surface area contributed by atoms with Crippen molar-refractivity contribution >= 4 is 24.5 Å². The maximum absolute atomic E-state index is 10.9. The summed E-state index contributed by atoms with van der Waals surface area (Å²) in [5.41, 5.74) is 1.36. The molecule has 2 aliphatic heterocycles. The summed E-state index contributed by atoms with van der Waals surface area (Å²) in [7, 11) is 0. The molecule has 2 aromatic carbocycles. The lowest BCUT2D eigenvalue weighted by Gasteiger charge is -2.35. The molecule has 0 saturated heterocycles. The first-order valence-corrected chi connectivity index (χ1v) is 10.2. The molecular weight excluding hydrogens is 420 g/mol. The second-order valence-corrected chi connectivity index (χ2v) is 7.63. The van der Waals surface area contributed by atoms with Crippen LogP contribution in [0.1, 0.15) is 5.56 Å². The molecule has 0 amide bonds. The van der Waals surface area contributed by atoms with Crippen molar-refractivity contribution in [2.45, 2.75) is 24.2 Å². The monoisotopic (exact) mass is 440 g/mol. The van der Waals surface area contributed by atoms with E-state index in [-0.39, 0.29) is 13.2 Å². The Morgan fingerprint density at radius 2 is 1.71 bits per heavy atom. The summed E-state index contributed by atoms with van der Waals surface area (Å²) >= 11 is 6.44. The Bertz CT molecular complexity index is 1000. The number of carbonyl (C=O) groups is 2. The molecule has 0 radical (unpaired) electrons. The number of benzene rings is 2. The average molecular weight is 441 g/mol. The number of fused-ring (bicyclic) bond motifs is 2. The first kappa shape index (κ1) is 21.2. The number of hydrogen-bond acceptors (Lipinski definition) is 6. The summed E-state index contributed by atoms with van der Waals surface area (Å²) in [5.74, 6) is 0.669.